The third-order valence-electron chi connectivity index (χ3n) is 17.3. The molecule has 0 spiro atoms. The van der Waals surface area contributed by atoms with Crippen molar-refractivity contribution < 1.29 is 172 Å². The number of hydrogen-bond donors (Lipinski definition) is 6. The topological polar surface area (TPSA) is 413 Å². The minimum Gasteiger partial charge on any atom is -0.548 e. The van der Waals surface area contributed by atoms with Crippen molar-refractivity contribution in [2.45, 2.75) is 382 Å². The third kappa shape index (κ3) is 54.0. The van der Waals surface area contributed by atoms with Crippen molar-refractivity contribution in [3.63, 3.8) is 0 Å². The fourth-order valence-corrected chi connectivity index (χ4v) is 14.3. The van der Waals surface area contributed by atoms with E-state index in [-0.39, 0.29) is 127 Å². The van der Waals surface area contributed by atoms with E-state index in [0.717, 1.165) is 57.8 Å². The maximum absolute atomic E-state index is 11.5. The van der Waals surface area contributed by atoms with Crippen molar-refractivity contribution in [2.75, 3.05) is 0 Å². The SMILES string of the molecule is CCCCCCCCCCCCCCCCCCC(CC(N)=O)(C(=O)[O-])S(=O)(=O)O.CCCCCCCCCCCCCCCCCCC(CC(N)=O)(C(=O)[O-])S(=O)(=O)O.CCCCCCCCCCCCCCCCCCC(CC(N)=O)(C(=O)[O-])S(=O)(=O)O.[Na+].[Na+].[Na+]. The first-order valence-electron chi connectivity index (χ1n) is 34.9. The summed E-state index contributed by atoms with van der Waals surface area (Å²) in [6.07, 6.45) is 50.5. The molecule has 27 heteroatoms. The zero-order valence-electron chi connectivity index (χ0n) is 59.1. The maximum atomic E-state index is 11.5. The second kappa shape index (κ2) is 64.9. The monoisotopic (exact) mass is 1410 g/mol. The molecule has 9 N–H and O–H groups in total. The molecule has 0 saturated heterocycles. The summed E-state index contributed by atoms with van der Waals surface area (Å²) in [5, 5.41) is 34.0. The van der Waals surface area contributed by atoms with E-state index in [2.05, 4.69) is 20.8 Å². The minimum absolute atomic E-state index is 0. The number of carbonyl (C=O) groups is 6. The minimum atomic E-state index is -5.00. The van der Waals surface area contributed by atoms with Gasteiger partial charge in [0.05, 0.1) is 37.2 Å². The number of carboxylic acid groups (broad SMARTS) is 3. The zero-order chi connectivity index (χ0) is 68.6. The molecule has 0 aromatic heterocycles. The molecule has 534 valence electrons. The number of carboxylic acids is 3. The molecule has 93 heavy (non-hydrogen) atoms. The largest absolute Gasteiger partial charge is 1.00 e. The average molecular weight is 1410 g/mol. The van der Waals surface area contributed by atoms with E-state index in [4.69, 9.17) is 17.2 Å². The van der Waals surface area contributed by atoms with Crippen LogP contribution in [0.5, 0.6) is 0 Å². The molecular formula is C66H126N3Na3O18S3. The van der Waals surface area contributed by atoms with Crippen LogP contribution in [0.4, 0.5) is 0 Å². The van der Waals surface area contributed by atoms with Crippen LogP contribution in [0.3, 0.4) is 0 Å². The number of carbonyl (C=O) groups excluding carboxylic acids is 6. The first kappa shape index (κ1) is 104. The Morgan fingerprint density at radius 3 is 0.452 bits per heavy atom. The van der Waals surface area contributed by atoms with E-state index in [1.807, 2.05) is 0 Å². The number of nitrogens with two attached hydrogens (primary N) is 3. The number of aliphatic carboxylic acids is 3. The van der Waals surface area contributed by atoms with Crippen LogP contribution in [0.2, 0.25) is 0 Å². The molecule has 0 aromatic carbocycles. The number of primary amides is 3. The van der Waals surface area contributed by atoms with E-state index in [0.29, 0.717) is 19.3 Å². The molecule has 3 amide bonds. The van der Waals surface area contributed by atoms with Crippen LogP contribution in [-0.4, -0.2) is 88.8 Å². The number of unbranched alkanes of at least 4 members (excludes halogenated alkanes) is 45. The van der Waals surface area contributed by atoms with Gasteiger partial charge in [0.1, 0.15) is 14.2 Å². The van der Waals surface area contributed by atoms with E-state index in [9.17, 15) is 83.0 Å². The molecule has 0 fully saturated rings. The fourth-order valence-electron chi connectivity index (χ4n) is 11.5. The molecule has 0 aliphatic rings. The van der Waals surface area contributed by atoms with Crippen LogP contribution in [0.25, 0.3) is 0 Å². The van der Waals surface area contributed by atoms with E-state index >= 15 is 0 Å². The Morgan fingerprint density at radius 1 is 0.258 bits per heavy atom. The second-order valence-corrected chi connectivity index (χ2v) is 30.6. The van der Waals surface area contributed by atoms with E-state index < -0.39 is 99.5 Å². The van der Waals surface area contributed by atoms with Gasteiger partial charge >= 0.3 is 88.7 Å². The van der Waals surface area contributed by atoms with Crippen LogP contribution in [0.1, 0.15) is 367 Å². The first-order chi connectivity index (χ1) is 42.5. The van der Waals surface area contributed by atoms with Crippen LogP contribution >= 0.6 is 0 Å². The summed E-state index contributed by atoms with van der Waals surface area (Å²) in [6, 6.07) is 0. The predicted molar refractivity (Wildman–Crippen MR) is 352 cm³/mol. The van der Waals surface area contributed by atoms with Gasteiger partial charge in [-0.3, -0.25) is 28.0 Å². The first-order valence-corrected chi connectivity index (χ1v) is 39.2. The van der Waals surface area contributed by atoms with Gasteiger partial charge in [0.25, 0.3) is 30.4 Å². The van der Waals surface area contributed by atoms with Gasteiger partial charge in [-0.2, -0.15) is 25.3 Å². The van der Waals surface area contributed by atoms with Crippen molar-refractivity contribution in [1.82, 2.24) is 0 Å². The van der Waals surface area contributed by atoms with Crippen LogP contribution in [0, 0.1) is 0 Å². The predicted octanol–water partition coefficient (Wildman–Crippen LogP) is 2.68. The van der Waals surface area contributed by atoms with Gasteiger partial charge in [-0.1, -0.05) is 329 Å². The molecule has 0 bridgehead atoms. The molecule has 0 radical (unpaired) electrons. The number of hydrogen-bond acceptors (Lipinski definition) is 15. The summed E-state index contributed by atoms with van der Waals surface area (Å²) < 4.78 is 89.3. The fraction of sp³-hybridized carbons (Fsp3) is 0.909. The molecule has 0 aromatic rings. The second-order valence-electron chi connectivity index (χ2n) is 25.4. The Kier molecular flexibility index (Phi) is 72.3. The summed E-state index contributed by atoms with van der Waals surface area (Å²) in [6.45, 7) is 6.70. The maximum Gasteiger partial charge on any atom is 1.00 e. The Balaban J connectivity index is -0.000000300. The molecule has 0 rings (SSSR count). The smallest absolute Gasteiger partial charge is 0.548 e. The molecular weight excluding hydrogens is 1290 g/mol. The van der Waals surface area contributed by atoms with Gasteiger partial charge in [0, 0.05) is 0 Å². The van der Waals surface area contributed by atoms with Gasteiger partial charge in [-0.25, -0.2) is 0 Å². The van der Waals surface area contributed by atoms with Gasteiger partial charge in [-0.15, -0.1) is 0 Å². The molecule has 0 saturated carbocycles. The number of rotatable bonds is 63. The van der Waals surface area contributed by atoms with Crippen molar-refractivity contribution >= 4 is 66.0 Å². The Hall–Kier alpha value is -0.450. The average Bonchev–Trinajstić information content (AvgIpc) is 0.814. The molecule has 3 atom stereocenters. The van der Waals surface area contributed by atoms with Gasteiger partial charge in [0.15, 0.2) is 0 Å². The molecule has 3 unspecified atom stereocenters. The quantitative estimate of drug-likeness (QED) is 0.0290. The Bertz CT molecular complexity index is 2000. The summed E-state index contributed by atoms with van der Waals surface area (Å²) in [7, 11) is -15.0. The summed E-state index contributed by atoms with van der Waals surface area (Å²) >= 11 is 0. The van der Waals surface area contributed by atoms with Gasteiger partial charge < -0.3 is 46.9 Å². The number of amides is 3. The van der Waals surface area contributed by atoms with Crippen molar-refractivity contribution in [3.05, 3.63) is 0 Å². The van der Waals surface area contributed by atoms with Gasteiger partial charge in [0.2, 0.25) is 17.7 Å². The normalized spacial score (nSPS) is 13.4. The summed E-state index contributed by atoms with van der Waals surface area (Å²) in [5.74, 6) is -9.26. The van der Waals surface area contributed by atoms with E-state index in [1.165, 1.54) is 212 Å². The van der Waals surface area contributed by atoms with E-state index in [1.54, 1.807) is 0 Å². The Morgan fingerprint density at radius 2 is 0.366 bits per heavy atom. The van der Waals surface area contributed by atoms with Gasteiger partial charge in [-0.05, 0) is 19.3 Å². The van der Waals surface area contributed by atoms with Crippen LogP contribution in [-0.2, 0) is 59.1 Å². The standard InChI is InChI=1S/3C22H43NO6S.3Na/c3*1-2-3-4-5-6-7-8-9-10-11-12-13-14-15-16-17-18-22(21(25)26,19-20(23)24)30(27,28)29;;;/h3*2-19H2,1H3,(H2,23,24)(H,25,26)(H,27,28,29);;;/q;;;3*+1/p-3. The molecule has 0 aliphatic heterocycles. The Labute approximate surface area is 630 Å². The molecule has 0 aliphatic carbocycles. The van der Waals surface area contributed by atoms with Crippen molar-refractivity contribution in [3.8, 4) is 0 Å². The van der Waals surface area contributed by atoms with Crippen molar-refractivity contribution in [2.24, 2.45) is 17.2 Å². The molecule has 0 heterocycles. The third-order valence-corrected chi connectivity index (χ3v) is 21.8. The zero-order valence-corrected chi connectivity index (χ0v) is 67.6. The van der Waals surface area contributed by atoms with Crippen LogP contribution in [0.15, 0.2) is 0 Å². The summed E-state index contributed by atoms with van der Waals surface area (Å²) in [4.78, 5) is 67.3. The van der Waals surface area contributed by atoms with Crippen LogP contribution < -0.4 is 121 Å². The van der Waals surface area contributed by atoms with Crippen molar-refractivity contribution in [1.29, 1.82) is 0 Å². The molecule has 21 nitrogen and oxygen atoms in total. The summed E-state index contributed by atoms with van der Waals surface area (Å²) in [5.41, 5.74) is 14.9.